The van der Waals surface area contributed by atoms with Crippen LogP contribution < -0.4 is 4.74 Å². The van der Waals surface area contributed by atoms with Gasteiger partial charge in [-0.25, -0.2) is 9.37 Å². The van der Waals surface area contributed by atoms with Crippen LogP contribution in [0.15, 0.2) is 36.5 Å². The molecule has 2 aliphatic rings. The number of thiazole rings is 1. The largest absolute Gasteiger partial charge is 0.431 e. The quantitative estimate of drug-likeness (QED) is 0.533. The van der Waals surface area contributed by atoms with E-state index in [0.29, 0.717) is 45.1 Å². The molecule has 2 aliphatic heterocycles. The van der Waals surface area contributed by atoms with Gasteiger partial charge in [0.2, 0.25) is 0 Å². The first-order valence-corrected chi connectivity index (χ1v) is 11.3. The number of aromatic nitrogens is 2. The van der Waals surface area contributed by atoms with Crippen LogP contribution in [-0.4, -0.2) is 32.7 Å². The summed E-state index contributed by atoms with van der Waals surface area (Å²) < 4.78 is 19.8. The number of hydrogen-bond acceptors (Lipinski definition) is 6. The van der Waals surface area contributed by atoms with Gasteiger partial charge in [0.15, 0.2) is 5.65 Å². The molecule has 0 saturated carbocycles. The number of carbonyl (C=O) groups is 1. The van der Waals surface area contributed by atoms with Crippen LogP contribution in [0.5, 0.6) is 10.9 Å². The minimum Gasteiger partial charge on any atom is -0.431 e. The number of pyridine rings is 1. The Morgan fingerprint density at radius 1 is 1.23 bits per heavy atom. The van der Waals surface area contributed by atoms with Gasteiger partial charge in [0.25, 0.3) is 5.19 Å². The fourth-order valence-electron chi connectivity index (χ4n) is 5.01. The van der Waals surface area contributed by atoms with Crippen LogP contribution in [0.4, 0.5) is 4.39 Å². The summed E-state index contributed by atoms with van der Waals surface area (Å²) in [5.74, 6) is 1.21. The van der Waals surface area contributed by atoms with Gasteiger partial charge in [-0.05, 0) is 62.3 Å². The van der Waals surface area contributed by atoms with Gasteiger partial charge < -0.3 is 9.53 Å². The molecule has 5 rings (SSSR count). The molecule has 2 aromatic heterocycles. The van der Waals surface area contributed by atoms with Gasteiger partial charge in [-0.2, -0.15) is 4.98 Å². The molecular weight excluding hydrogens is 401 g/mol. The van der Waals surface area contributed by atoms with Gasteiger partial charge in [0.05, 0.1) is 10.9 Å². The lowest BCUT2D eigenvalue weighted by atomic mass is 9.87. The number of ketones is 1. The lowest BCUT2D eigenvalue weighted by molar-refractivity contribution is -0.118. The molecule has 4 heterocycles. The molecule has 3 aromatic rings. The summed E-state index contributed by atoms with van der Waals surface area (Å²) >= 11 is 1.28. The predicted molar refractivity (Wildman–Crippen MR) is 114 cm³/mol. The smallest absolute Gasteiger partial charge is 0.281 e. The zero-order valence-corrected chi connectivity index (χ0v) is 17.7. The maximum Gasteiger partial charge on any atom is 0.281 e. The Hall–Kier alpha value is -2.38. The summed E-state index contributed by atoms with van der Waals surface area (Å²) in [5, 5.41) is 0.460. The van der Waals surface area contributed by atoms with Gasteiger partial charge >= 0.3 is 0 Å². The van der Waals surface area contributed by atoms with Crippen LogP contribution in [0.25, 0.3) is 10.3 Å². The molecule has 2 bridgehead atoms. The van der Waals surface area contributed by atoms with E-state index in [2.05, 4.69) is 27.0 Å². The van der Waals surface area contributed by atoms with Crippen molar-refractivity contribution in [3.05, 3.63) is 47.9 Å². The molecule has 2 saturated heterocycles. The maximum atomic E-state index is 13.3. The van der Waals surface area contributed by atoms with Gasteiger partial charge in [-0.3, -0.25) is 4.90 Å². The zero-order valence-electron chi connectivity index (χ0n) is 16.9. The summed E-state index contributed by atoms with van der Waals surface area (Å²) in [4.78, 5) is 22.4. The third kappa shape index (κ3) is 4.09. The van der Waals surface area contributed by atoms with Crippen LogP contribution in [0.1, 0.15) is 44.6 Å². The summed E-state index contributed by atoms with van der Waals surface area (Å²) in [6, 6.07) is 10.7. The SMILES string of the molecule is CC(=O)CC1C[C@H]2CC[C@@H](C1)N2Cc1ccc(Oc2nc3ncc(F)cc3s2)cc1. The highest BCUT2D eigenvalue weighted by Crippen LogP contribution is 2.41. The van der Waals surface area contributed by atoms with E-state index in [0.717, 1.165) is 32.0 Å². The van der Waals surface area contributed by atoms with Crippen LogP contribution in [-0.2, 0) is 11.3 Å². The lowest BCUT2D eigenvalue weighted by Crippen LogP contribution is -2.42. The molecular formula is C23H24FN3O2S. The summed E-state index contributed by atoms with van der Waals surface area (Å²) in [6.07, 6.45) is 6.67. The topological polar surface area (TPSA) is 55.3 Å². The highest BCUT2D eigenvalue weighted by atomic mass is 32.1. The average molecular weight is 426 g/mol. The molecule has 3 atom stereocenters. The lowest BCUT2D eigenvalue weighted by Gasteiger charge is -2.38. The minimum absolute atomic E-state index is 0.317. The van der Waals surface area contributed by atoms with Crippen LogP contribution in [0.2, 0.25) is 0 Å². The summed E-state index contributed by atoms with van der Waals surface area (Å²) in [6.45, 7) is 2.65. The molecule has 0 radical (unpaired) electrons. The highest BCUT2D eigenvalue weighted by Gasteiger charge is 2.40. The first-order chi connectivity index (χ1) is 14.5. The monoisotopic (exact) mass is 425 g/mol. The number of fused-ring (bicyclic) bond motifs is 3. The van der Waals surface area contributed by atoms with Crippen molar-refractivity contribution in [3.63, 3.8) is 0 Å². The van der Waals surface area contributed by atoms with Crippen molar-refractivity contribution >= 4 is 27.5 Å². The average Bonchev–Trinajstić information content (AvgIpc) is 3.19. The van der Waals surface area contributed by atoms with E-state index in [9.17, 15) is 9.18 Å². The van der Waals surface area contributed by atoms with E-state index in [1.807, 2.05) is 12.1 Å². The Bertz CT molecular complexity index is 1050. The first-order valence-electron chi connectivity index (χ1n) is 10.5. The Labute approximate surface area is 178 Å². The third-order valence-electron chi connectivity index (χ3n) is 6.25. The van der Waals surface area contributed by atoms with Crippen LogP contribution >= 0.6 is 11.3 Å². The van der Waals surface area contributed by atoms with E-state index in [-0.39, 0.29) is 5.82 Å². The number of piperidine rings is 1. The number of halogens is 1. The van der Waals surface area contributed by atoms with Crippen molar-refractivity contribution < 1.29 is 13.9 Å². The minimum atomic E-state index is -0.374. The van der Waals surface area contributed by atoms with E-state index >= 15 is 0 Å². The van der Waals surface area contributed by atoms with Crippen molar-refractivity contribution in [3.8, 4) is 10.9 Å². The van der Waals surface area contributed by atoms with Crippen molar-refractivity contribution in [2.45, 2.75) is 57.7 Å². The van der Waals surface area contributed by atoms with Gasteiger partial charge in [0, 0.05) is 25.0 Å². The number of rotatable bonds is 6. The second-order valence-electron chi connectivity index (χ2n) is 8.50. The van der Waals surface area contributed by atoms with Crippen molar-refractivity contribution in [1.29, 1.82) is 0 Å². The molecule has 0 spiro atoms. The number of ether oxygens (including phenoxy) is 1. The molecule has 2 fully saturated rings. The van der Waals surface area contributed by atoms with Crippen LogP contribution in [0, 0.1) is 11.7 Å². The fraction of sp³-hybridized carbons (Fsp3) is 0.435. The molecule has 156 valence electrons. The fourth-order valence-corrected chi connectivity index (χ4v) is 5.83. The number of benzene rings is 1. The van der Waals surface area contributed by atoms with E-state index in [1.165, 1.54) is 35.8 Å². The number of carbonyl (C=O) groups excluding carboxylic acids is 1. The zero-order chi connectivity index (χ0) is 20.7. The molecule has 5 nitrogen and oxygen atoms in total. The van der Waals surface area contributed by atoms with Gasteiger partial charge in [-0.1, -0.05) is 23.5 Å². The molecule has 0 amide bonds. The Morgan fingerprint density at radius 3 is 2.67 bits per heavy atom. The van der Waals surface area contributed by atoms with Crippen LogP contribution in [0.3, 0.4) is 0 Å². The number of hydrogen-bond donors (Lipinski definition) is 0. The van der Waals surface area contributed by atoms with E-state index < -0.39 is 0 Å². The Kier molecular flexibility index (Phi) is 5.25. The molecule has 0 aliphatic carbocycles. The summed E-state index contributed by atoms with van der Waals surface area (Å²) in [5.41, 5.74) is 1.76. The third-order valence-corrected chi connectivity index (χ3v) is 7.12. The molecule has 30 heavy (non-hydrogen) atoms. The maximum absolute atomic E-state index is 13.3. The molecule has 7 heteroatoms. The Morgan fingerprint density at radius 2 is 1.97 bits per heavy atom. The van der Waals surface area contributed by atoms with E-state index in [1.54, 1.807) is 6.92 Å². The van der Waals surface area contributed by atoms with Gasteiger partial charge in [0.1, 0.15) is 17.3 Å². The summed E-state index contributed by atoms with van der Waals surface area (Å²) in [7, 11) is 0. The predicted octanol–water partition coefficient (Wildman–Crippen LogP) is 5.34. The van der Waals surface area contributed by atoms with Crippen molar-refractivity contribution in [1.82, 2.24) is 14.9 Å². The molecule has 1 aromatic carbocycles. The molecule has 0 N–H and O–H groups in total. The van der Waals surface area contributed by atoms with Crippen molar-refractivity contribution in [2.24, 2.45) is 5.92 Å². The second-order valence-corrected chi connectivity index (χ2v) is 9.50. The first kappa shape index (κ1) is 19.6. The van der Waals surface area contributed by atoms with Crippen molar-refractivity contribution in [2.75, 3.05) is 0 Å². The molecule has 1 unspecified atom stereocenters. The van der Waals surface area contributed by atoms with E-state index in [4.69, 9.17) is 4.74 Å². The normalized spacial score (nSPS) is 23.7. The number of nitrogens with zero attached hydrogens (tertiary/aromatic N) is 3. The highest BCUT2D eigenvalue weighted by molar-refractivity contribution is 7.20. The Balaban J connectivity index is 1.23. The number of Topliss-reactive ketones (excluding diaryl/α,β-unsaturated/α-hetero) is 1. The standard InChI is InChI=1S/C23H24FN3O2S/c1-14(28)8-16-9-18-4-5-19(10-16)27(18)13-15-2-6-20(7-3-15)29-23-26-22-21(30-23)11-17(24)12-25-22/h2-3,6-7,11-12,16,18-19H,4-5,8-10,13H2,1H3/t16?,18-,19+. The van der Waals surface area contributed by atoms with Gasteiger partial charge in [-0.15, -0.1) is 0 Å². The second kappa shape index (κ2) is 8.04.